The van der Waals surface area contributed by atoms with Crippen LogP contribution in [0.2, 0.25) is 0 Å². The lowest BCUT2D eigenvalue weighted by Gasteiger charge is -2.02. The van der Waals surface area contributed by atoms with Crippen molar-refractivity contribution in [3.8, 4) is 5.75 Å². The van der Waals surface area contributed by atoms with Crippen LogP contribution in [0.15, 0.2) is 30.3 Å². The maximum absolute atomic E-state index is 11.0. The number of rotatable bonds is 3. The van der Waals surface area contributed by atoms with Crippen LogP contribution < -0.4 is 10.2 Å². The van der Waals surface area contributed by atoms with E-state index in [0.29, 0.717) is 5.75 Å². The molecule has 0 saturated carbocycles. The fraction of sp³-hybridized carbons (Fsp3) is 0.111. The number of amides is 1. The van der Waals surface area contributed by atoms with Gasteiger partial charge in [-0.3, -0.25) is 14.8 Å². The predicted molar refractivity (Wildman–Crippen MR) is 46.6 cm³/mol. The summed E-state index contributed by atoms with van der Waals surface area (Å²) in [7, 11) is 0. The van der Waals surface area contributed by atoms with Crippen LogP contribution in [-0.4, -0.2) is 17.1 Å². The fourth-order valence-electron chi connectivity index (χ4n) is 0.827. The van der Waals surface area contributed by atoms with E-state index in [9.17, 15) is 9.59 Å². The normalized spacial score (nSPS) is 9.21. The first-order valence-electron chi connectivity index (χ1n) is 3.91. The second-order valence-corrected chi connectivity index (χ2v) is 2.50. The minimum Gasteiger partial charge on any atom is -0.426 e. The zero-order valence-corrected chi connectivity index (χ0v) is 7.27. The summed E-state index contributed by atoms with van der Waals surface area (Å²) in [6.07, 6.45) is -0.509. The Bertz CT molecular complexity index is 323. The van der Waals surface area contributed by atoms with Gasteiger partial charge in [-0.25, -0.2) is 5.48 Å². The highest BCUT2D eigenvalue weighted by atomic mass is 16.5. The van der Waals surface area contributed by atoms with Crippen molar-refractivity contribution in [3.05, 3.63) is 30.3 Å². The lowest BCUT2D eigenvalue weighted by Crippen LogP contribution is -2.24. The standard InChI is InChI=1S/C9H9NO4/c11-8(10-13)6-9(12)14-7-4-2-1-3-5-7/h1-5,13H,6H2,(H,10,11). The van der Waals surface area contributed by atoms with E-state index in [1.807, 2.05) is 0 Å². The highest BCUT2D eigenvalue weighted by Gasteiger charge is 2.10. The lowest BCUT2D eigenvalue weighted by molar-refractivity contribution is -0.141. The fourth-order valence-corrected chi connectivity index (χ4v) is 0.827. The van der Waals surface area contributed by atoms with E-state index in [-0.39, 0.29) is 0 Å². The van der Waals surface area contributed by atoms with Crippen LogP contribution in [0.1, 0.15) is 6.42 Å². The number of carbonyl (C=O) groups excluding carboxylic acids is 2. The molecule has 0 atom stereocenters. The Balaban J connectivity index is 2.46. The first kappa shape index (κ1) is 10.2. The third-order valence-electron chi connectivity index (χ3n) is 1.40. The quantitative estimate of drug-likeness (QED) is 0.242. The number of hydrogen-bond acceptors (Lipinski definition) is 4. The summed E-state index contributed by atoms with van der Waals surface area (Å²) in [6, 6.07) is 8.37. The van der Waals surface area contributed by atoms with Crippen LogP contribution in [-0.2, 0) is 9.59 Å². The van der Waals surface area contributed by atoms with E-state index in [4.69, 9.17) is 9.94 Å². The number of ether oxygens (including phenoxy) is 1. The Morgan fingerprint density at radius 2 is 1.93 bits per heavy atom. The van der Waals surface area contributed by atoms with Crippen molar-refractivity contribution in [2.75, 3.05) is 0 Å². The van der Waals surface area contributed by atoms with Crippen LogP contribution in [0.5, 0.6) is 5.75 Å². The zero-order valence-electron chi connectivity index (χ0n) is 7.27. The molecule has 5 nitrogen and oxygen atoms in total. The molecule has 0 saturated heterocycles. The molecule has 5 heteroatoms. The van der Waals surface area contributed by atoms with Gasteiger partial charge in [0.05, 0.1) is 0 Å². The molecule has 0 aliphatic rings. The Labute approximate surface area is 80.3 Å². The lowest BCUT2D eigenvalue weighted by atomic mass is 10.3. The van der Waals surface area contributed by atoms with Crippen LogP contribution in [0.3, 0.4) is 0 Å². The van der Waals surface area contributed by atoms with Gasteiger partial charge >= 0.3 is 5.97 Å². The summed E-state index contributed by atoms with van der Waals surface area (Å²) in [6.45, 7) is 0. The van der Waals surface area contributed by atoms with E-state index in [1.54, 1.807) is 30.3 Å². The van der Waals surface area contributed by atoms with E-state index < -0.39 is 18.3 Å². The maximum Gasteiger partial charge on any atom is 0.320 e. The highest BCUT2D eigenvalue weighted by Crippen LogP contribution is 2.08. The molecule has 14 heavy (non-hydrogen) atoms. The smallest absolute Gasteiger partial charge is 0.320 e. The van der Waals surface area contributed by atoms with Gasteiger partial charge in [-0.1, -0.05) is 18.2 Å². The molecule has 0 aliphatic carbocycles. The third-order valence-corrected chi connectivity index (χ3v) is 1.40. The van der Waals surface area contributed by atoms with E-state index in [2.05, 4.69) is 0 Å². The number of hydrogen-bond donors (Lipinski definition) is 2. The summed E-state index contributed by atoms with van der Waals surface area (Å²) in [5.41, 5.74) is 1.34. The van der Waals surface area contributed by atoms with Gasteiger partial charge in [0.15, 0.2) is 0 Å². The summed E-state index contributed by atoms with van der Waals surface area (Å²) in [5.74, 6) is -1.16. The highest BCUT2D eigenvalue weighted by molar-refractivity contribution is 5.94. The van der Waals surface area contributed by atoms with Gasteiger partial charge in [0.1, 0.15) is 12.2 Å². The average Bonchev–Trinajstić information content (AvgIpc) is 2.19. The average molecular weight is 195 g/mol. The van der Waals surface area contributed by atoms with Crippen LogP contribution in [0, 0.1) is 0 Å². The van der Waals surface area contributed by atoms with Crippen molar-refractivity contribution < 1.29 is 19.5 Å². The number of nitrogens with one attached hydrogen (secondary N) is 1. The number of carbonyl (C=O) groups is 2. The molecule has 2 N–H and O–H groups in total. The summed E-state index contributed by atoms with van der Waals surface area (Å²) < 4.78 is 4.78. The molecule has 0 radical (unpaired) electrons. The van der Waals surface area contributed by atoms with Crippen LogP contribution in [0.4, 0.5) is 0 Å². The Morgan fingerprint density at radius 3 is 2.50 bits per heavy atom. The van der Waals surface area contributed by atoms with Gasteiger partial charge in [0.25, 0.3) is 5.91 Å². The summed E-state index contributed by atoms with van der Waals surface area (Å²) in [4.78, 5) is 21.5. The van der Waals surface area contributed by atoms with Gasteiger partial charge in [-0.2, -0.15) is 0 Å². The molecule has 0 bridgehead atoms. The Kier molecular flexibility index (Phi) is 3.63. The van der Waals surface area contributed by atoms with Gasteiger partial charge in [0.2, 0.25) is 0 Å². The third kappa shape index (κ3) is 3.24. The number of para-hydroxylation sites is 1. The maximum atomic E-state index is 11.0. The Hall–Kier alpha value is -1.88. The molecular weight excluding hydrogens is 186 g/mol. The molecule has 1 amide bonds. The molecule has 0 aromatic heterocycles. The second kappa shape index (κ2) is 4.98. The van der Waals surface area contributed by atoms with E-state index in [0.717, 1.165) is 0 Å². The summed E-state index contributed by atoms with van der Waals surface area (Å²) >= 11 is 0. The van der Waals surface area contributed by atoms with Crippen LogP contribution >= 0.6 is 0 Å². The molecule has 1 aromatic carbocycles. The molecule has 0 unspecified atom stereocenters. The van der Waals surface area contributed by atoms with Gasteiger partial charge in [-0.15, -0.1) is 0 Å². The SMILES string of the molecule is O=C(CC(=O)Oc1ccccc1)NO. The Morgan fingerprint density at radius 1 is 1.29 bits per heavy atom. The summed E-state index contributed by atoms with van der Waals surface area (Å²) in [5, 5.41) is 8.14. The second-order valence-electron chi connectivity index (χ2n) is 2.50. The molecule has 1 aromatic rings. The molecular formula is C9H9NO4. The topological polar surface area (TPSA) is 75.6 Å². The van der Waals surface area contributed by atoms with Crippen molar-refractivity contribution >= 4 is 11.9 Å². The first-order valence-corrected chi connectivity index (χ1v) is 3.91. The minimum absolute atomic E-state index is 0.364. The first-order chi connectivity index (χ1) is 6.72. The molecule has 0 heterocycles. The van der Waals surface area contributed by atoms with Gasteiger partial charge in [-0.05, 0) is 12.1 Å². The largest absolute Gasteiger partial charge is 0.426 e. The van der Waals surface area contributed by atoms with Gasteiger partial charge in [0, 0.05) is 0 Å². The van der Waals surface area contributed by atoms with Crippen molar-refractivity contribution in [2.45, 2.75) is 6.42 Å². The molecule has 74 valence electrons. The molecule has 0 spiro atoms. The molecule has 0 fully saturated rings. The number of benzene rings is 1. The van der Waals surface area contributed by atoms with Crippen molar-refractivity contribution in [1.82, 2.24) is 5.48 Å². The van der Waals surface area contributed by atoms with Crippen LogP contribution in [0.25, 0.3) is 0 Å². The van der Waals surface area contributed by atoms with Crippen molar-refractivity contribution in [2.24, 2.45) is 0 Å². The predicted octanol–water partition coefficient (Wildman–Crippen LogP) is 0.487. The zero-order chi connectivity index (χ0) is 10.4. The van der Waals surface area contributed by atoms with Crippen molar-refractivity contribution in [1.29, 1.82) is 0 Å². The number of hydroxylamine groups is 1. The number of esters is 1. The molecule has 0 aliphatic heterocycles. The van der Waals surface area contributed by atoms with Crippen molar-refractivity contribution in [3.63, 3.8) is 0 Å². The van der Waals surface area contributed by atoms with E-state index >= 15 is 0 Å². The monoisotopic (exact) mass is 195 g/mol. The molecule has 1 rings (SSSR count). The van der Waals surface area contributed by atoms with E-state index in [1.165, 1.54) is 5.48 Å². The van der Waals surface area contributed by atoms with Gasteiger partial charge < -0.3 is 4.74 Å². The minimum atomic E-state index is -0.800.